The number of anilines is 1. The van der Waals surface area contributed by atoms with E-state index in [0.717, 1.165) is 12.8 Å². The third kappa shape index (κ3) is 2.96. The molecule has 4 atom stereocenters. The van der Waals surface area contributed by atoms with E-state index in [1.54, 1.807) is 0 Å². The molecule has 2 aromatic rings. The fourth-order valence-electron chi connectivity index (χ4n) is 3.55. The van der Waals surface area contributed by atoms with Crippen molar-refractivity contribution in [2.45, 2.75) is 56.3 Å². The van der Waals surface area contributed by atoms with E-state index in [1.165, 1.54) is 23.7 Å². The van der Waals surface area contributed by atoms with Gasteiger partial charge in [-0.25, -0.2) is 4.98 Å². The van der Waals surface area contributed by atoms with Gasteiger partial charge in [0.05, 0.1) is 12.9 Å². The standard InChI is InChI=1S/C15H20ClN5O4/c16-15-19-12(18-7-3-1-2-4-7)9-13(20-15)21(6-17-9)14-11(24)10(23)8(5-22)25-14/h6-8,10-11,14,22-24H,1-5H2,(H,18,19,20)/t8-,10?,11?,14-/m1/s1. The third-order valence-corrected chi connectivity index (χ3v) is 5.05. The lowest BCUT2D eigenvalue weighted by molar-refractivity contribution is -0.0511. The molecule has 4 N–H and O–H groups in total. The van der Waals surface area contributed by atoms with Gasteiger partial charge in [-0.2, -0.15) is 9.97 Å². The topological polar surface area (TPSA) is 126 Å². The maximum atomic E-state index is 10.2. The lowest BCUT2D eigenvalue weighted by Gasteiger charge is -2.17. The Bertz CT molecular complexity index is 766. The predicted octanol–water partition coefficient (Wildman–Crippen LogP) is 0.446. The molecule has 0 bridgehead atoms. The zero-order valence-electron chi connectivity index (χ0n) is 13.4. The number of aliphatic hydroxyl groups excluding tert-OH is 3. The summed E-state index contributed by atoms with van der Waals surface area (Å²) in [4.78, 5) is 12.8. The fraction of sp³-hybridized carbons (Fsp3) is 0.667. The monoisotopic (exact) mass is 369 g/mol. The molecular formula is C15H20ClN5O4. The Morgan fingerprint density at radius 2 is 2.00 bits per heavy atom. The molecule has 0 radical (unpaired) electrons. The third-order valence-electron chi connectivity index (χ3n) is 4.88. The quantitative estimate of drug-likeness (QED) is 0.572. The van der Waals surface area contributed by atoms with Gasteiger partial charge in [-0.05, 0) is 24.4 Å². The number of imidazole rings is 1. The van der Waals surface area contributed by atoms with Crippen LogP contribution in [-0.4, -0.2) is 65.8 Å². The van der Waals surface area contributed by atoms with Gasteiger partial charge in [0, 0.05) is 6.04 Å². The van der Waals surface area contributed by atoms with Crippen molar-refractivity contribution in [2.24, 2.45) is 0 Å². The Balaban J connectivity index is 1.70. The molecule has 4 rings (SSSR count). The van der Waals surface area contributed by atoms with Gasteiger partial charge in [-0.15, -0.1) is 0 Å². The van der Waals surface area contributed by atoms with E-state index < -0.39 is 31.1 Å². The van der Waals surface area contributed by atoms with Crippen LogP contribution in [0.4, 0.5) is 5.82 Å². The van der Waals surface area contributed by atoms with Gasteiger partial charge in [0.25, 0.3) is 0 Å². The summed E-state index contributed by atoms with van der Waals surface area (Å²) < 4.78 is 7.06. The van der Waals surface area contributed by atoms with Crippen LogP contribution in [0.3, 0.4) is 0 Å². The summed E-state index contributed by atoms with van der Waals surface area (Å²) >= 11 is 6.07. The van der Waals surface area contributed by atoms with Crippen LogP contribution in [-0.2, 0) is 4.74 Å². The van der Waals surface area contributed by atoms with Crippen molar-refractivity contribution in [1.82, 2.24) is 19.5 Å². The van der Waals surface area contributed by atoms with Crippen molar-refractivity contribution in [1.29, 1.82) is 0 Å². The maximum Gasteiger partial charge on any atom is 0.226 e. The number of fused-ring (bicyclic) bond motifs is 1. The molecule has 2 aliphatic rings. The number of hydrogen-bond acceptors (Lipinski definition) is 8. The second-order valence-corrected chi connectivity index (χ2v) is 6.86. The van der Waals surface area contributed by atoms with Gasteiger partial charge in [-0.3, -0.25) is 4.57 Å². The Morgan fingerprint density at radius 1 is 1.24 bits per heavy atom. The van der Waals surface area contributed by atoms with Crippen LogP contribution in [0.15, 0.2) is 6.33 Å². The number of aliphatic hydroxyl groups is 3. The lowest BCUT2D eigenvalue weighted by Crippen LogP contribution is -2.33. The van der Waals surface area contributed by atoms with E-state index >= 15 is 0 Å². The highest BCUT2D eigenvalue weighted by Gasteiger charge is 2.44. The summed E-state index contributed by atoms with van der Waals surface area (Å²) in [5.41, 5.74) is 0.921. The minimum Gasteiger partial charge on any atom is -0.394 e. The average molecular weight is 370 g/mol. The first-order chi connectivity index (χ1) is 12.1. The number of nitrogens with zero attached hydrogens (tertiary/aromatic N) is 4. The van der Waals surface area contributed by atoms with Crippen molar-refractivity contribution < 1.29 is 20.1 Å². The van der Waals surface area contributed by atoms with Crippen LogP contribution in [0, 0.1) is 0 Å². The van der Waals surface area contributed by atoms with Crippen LogP contribution in [0.1, 0.15) is 31.9 Å². The normalized spacial score (nSPS) is 30.4. The molecule has 10 heteroatoms. The molecule has 25 heavy (non-hydrogen) atoms. The van der Waals surface area contributed by atoms with Gasteiger partial charge in [0.15, 0.2) is 23.2 Å². The zero-order valence-corrected chi connectivity index (χ0v) is 14.2. The first kappa shape index (κ1) is 16.9. The minimum absolute atomic E-state index is 0.0569. The van der Waals surface area contributed by atoms with E-state index in [9.17, 15) is 15.3 Å². The molecule has 2 unspecified atom stereocenters. The second kappa shape index (κ2) is 6.65. The van der Waals surface area contributed by atoms with Crippen LogP contribution < -0.4 is 5.32 Å². The highest BCUT2D eigenvalue weighted by Crippen LogP contribution is 2.33. The molecule has 1 aliphatic carbocycles. The summed E-state index contributed by atoms with van der Waals surface area (Å²) in [5, 5.41) is 32.9. The molecule has 0 amide bonds. The van der Waals surface area contributed by atoms with Gasteiger partial charge in [0.1, 0.15) is 18.3 Å². The number of hydrogen-bond donors (Lipinski definition) is 4. The molecule has 0 aromatic carbocycles. The molecular weight excluding hydrogens is 350 g/mol. The molecule has 1 aliphatic heterocycles. The highest BCUT2D eigenvalue weighted by molar-refractivity contribution is 6.28. The van der Waals surface area contributed by atoms with E-state index in [1.807, 2.05) is 0 Å². The number of nitrogens with one attached hydrogen (secondary N) is 1. The number of ether oxygens (including phenoxy) is 1. The van der Waals surface area contributed by atoms with E-state index in [2.05, 4.69) is 20.3 Å². The Labute approximate surface area is 148 Å². The summed E-state index contributed by atoms with van der Waals surface area (Å²) in [6, 6.07) is 0.327. The summed E-state index contributed by atoms with van der Waals surface area (Å²) in [6.07, 6.45) is 1.77. The molecule has 3 heterocycles. The lowest BCUT2D eigenvalue weighted by atomic mass is 10.1. The fourth-order valence-corrected chi connectivity index (χ4v) is 3.71. The summed E-state index contributed by atoms with van der Waals surface area (Å²) in [6.45, 7) is -0.397. The van der Waals surface area contributed by atoms with Crippen LogP contribution >= 0.6 is 11.6 Å². The Kier molecular flexibility index (Phi) is 4.50. The van der Waals surface area contributed by atoms with Crippen molar-refractivity contribution in [2.75, 3.05) is 11.9 Å². The second-order valence-electron chi connectivity index (χ2n) is 6.52. The largest absolute Gasteiger partial charge is 0.394 e. The van der Waals surface area contributed by atoms with Gasteiger partial charge in [-0.1, -0.05) is 12.8 Å². The van der Waals surface area contributed by atoms with E-state index in [4.69, 9.17) is 16.3 Å². The van der Waals surface area contributed by atoms with Crippen LogP contribution in [0.25, 0.3) is 11.2 Å². The number of rotatable bonds is 4. The molecule has 136 valence electrons. The van der Waals surface area contributed by atoms with Gasteiger partial charge < -0.3 is 25.4 Å². The zero-order chi connectivity index (χ0) is 17.6. The summed E-state index contributed by atoms with van der Waals surface area (Å²) in [5.74, 6) is 0.549. The average Bonchev–Trinajstić information content (AvgIpc) is 3.29. The molecule has 0 spiro atoms. The van der Waals surface area contributed by atoms with Crippen LogP contribution in [0.5, 0.6) is 0 Å². The Morgan fingerprint density at radius 3 is 2.68 bits per heavy atom. The molecule has 2 aromatic heterocycles. The van der Waals surface area contributed by atoms with Gasteiger partial charge >= 0.3 is 0 Å². The van der Waals surface area contributed by atoms with Crippen molar-refractivity contribution in [3.63, 3.8) is 0 Å². The first-order valence-electron chi connectivity index (χ1n) is 8.37. The van der Waals surface area contributed by atoms with Crippen molar-refractivity contribution >= 4 is 28.6 Å². The highest BCUT2D eigenvalue weighted by atomic mass is 35.5. The molecule has 9 nitrogen and oxygen atoms in total. The van der Waals surface area contributed by atoms with Crippen molar-refractivity contribution in [3.8, 4) is 0 Å². The molecule has 2 fully saturated rings. The van der Waals surface area contributed by atoms with Gasteiger partial charge in [0.2, 0.25) is 5.28 Å². The molecule has 1 saturated heterocycles. The summed E-state index contributed by atoms with van der Waals surface area (Å²) in [7, 11) is 0. The maximum absolute atomic E-state index is 10.2. The Hall–Kier alpha value is -1.52. The van der Waals surface area contributed by atoms with E-state index in [-0.39, 0.29) is 5.28 Å². The van der Waals surface area contributed by atoms with E-state index in [0.29, 0.717) is 23.0 Å². The number of aromatic nitrogens is 4. The predicted molar refractivity (Wildman–Crippen MR) is 89.2 cm³/mol. The SMILES string of the molecule is OC[C@H]1O[C@@H](n2cnc3c(NC4CCCC4)nc(Cl)nc32)C(O)C1O. The first-order valence-corrected chi connectivity index (χ1v) is 8.75. The smallest absolute Gasteiger partial charge is 0.226 e. The number of halogens is 1. The van der Waals surface area contributed by atoms with Crippen molar-refractivity contribution in [3.05, 3.63) is 11.6 Å². The molecule has 1 saturated carbocycles. The minimum atomic E-state index is -1.21. The van der Waals surface area contributed by atoms with Crippen LogP contribution in [0.2, 0.25) is 5.28 Å².